The Hall–Kier alpha value is -0.930. The van der Waals surface area contributed by atoms with Gasteiger partial charge < -0.3 is 10.4 Å². The lowest BCUT2D eigenvalue weighted by Crippen LogP contribution is -2.23. The summed E-state index contributed by atoms with van der Waals surface area (Å²) in [6, 6.07) is 0. The number of unbranched alkanes of at least 4 members (excludes halogenated alkanes) is 1. The molecule has 2 N–H and O–H groups in total. The minimum absolute atomic E-state index is 0.785. The van der Waals surface area contributed by atoms with Crippen molar-refractivity contribution in [3.8, 4) is 0 Å². The van der Waals surface area contributed by atoms with Gasteiger partial charge in [-0.15, -0.1) is 0 Å². The largest absolute Gasteiger partial charge is 0.386 e. The smallest absolute Gasteiger partial charge is 0.0837 e. The lowest BCUT2D eigenvalue weighted by atomic mass is 9.97. The van der Waals surface area contributed by atoms with Gasteiger partial charge in [0.05, 0.1) is 5.60 Å². The fraction of sp³-hybridized carbons (Fsp3) is 0.643. The highest BCUT2D eigenvalue weighted by atomic mass is 16.3. The van der Waals surface area contributed by atoms with Crippen LogP contribution in [0.3, 0.4) is 0 Å². The van der Waals surface area contributed by atoms with E-state index in [2.05, 4.69) is 17.2 Å². The molecule has 0 bridgehead atoms. The number of nitrogens with zero attached hydrogens (tertiary/aromatic N) is 1. The van der Waals surface area contributed by atoms with Crippen molar-refractivity contribution < 1.29 is 5.11 Å². The van der Waals surface area contributed by atoms with Crippen LogP contribution in [0.4, 0.5) is 0 Å². The maximum Gasteiger partial charge on any atom is 0.0837 e. The molecule has 3 heteroatoms. The second-order valence-corrected chi connectivity index (χ2v) is 4.54. The molecule has 0 saturated carbocycles. The summed E-state index contributed by atoms with van der Waals surface area (Å²) in [7, 11) is 1.73. The number of hydrogen-bond donors (Lipinski definition) is 2. The van der Waals surface area contributed by atoms with Crippen molar-refractivity contribution >= 4 is 6.21 Å². The van der Waals surface area contributed by atoms with Gasteiger partial charge >= 0.3 is 0 Å². The first-order valence-corrected chi connectivity index (χ1v) is 6.25. The Bertz CT molecular complexity index is 272. The molecule has 0 unspecified atom stereocenters. The molecule has 17 heavy (non-hydrogen) atoms. The van der Waals surface area contributed by atoms with Gasteiger partial charge in [0.25, 0.3) is 0 Å². The Morgan fingerprint density at radius 1 is 1.41 bits per heavy atom. The molecule has 0 atom stereocenters. The molecule has 0 spiro atoms. The number of aliphatic imine (C=N–C) groups is 1. The van der Waals surface area contributed by atoms with E-state index in [0.29, 0.717) is 0 Å². The van der Waals surface area contributed by atoms with Gasteiger partial charge in [-0.05, 0) is 38.5 Å². The van der Waals surface area contributed by atoms with Gasteiger partial charge in [-0.3, -0.25) is 4.99 Å². The highest BCUT2D eigenvalue weighted by Crippen LogP contribution is 2.16. The predicted octanol–water partition coefficient (Wildman–Crippen LogP) is 2.33. The Morgan fingerprint density at radius 3 is 2.65 bits per heavy atom. The van der Waals surface area contributed by atoms with Crippen molar-refractivity contribution in [1.29, 1.82) is 0 Å². The van der Waals surface area contributed by atoms with Gasteiger partial charge in [-0.1, -0.05) is 25.5 Å². The summed E-state index contributed by atoms with van der Waals surface area (Å²) >= 11 is 0. The van der Waals surface area contributed by atoms with E-state index in [9.17, 15) is 5.11 Å². The van der Waals surface area contributed by atoms with Crippen molar-refractivity contribution in [1.82, 2.24) is 5.32 Å². The lowest BCUT2D eigenvalue weighted by Gasteiger charge is -2.19. The maximum absolute atomic E-state index is 9.99. The Labute approximate surface area is 105 Å². The molecule has 0 aromatic carbocycles. The minimum atomic E-state index is -0.815. The van der Waals surface area contributed by atoms with Gasteiger partial charge in [-0.2, -0.15) is 0 Å². The van der Waals surface area contributed by atoms with Gasteiger partial charge in [0, 0.05) is 19.8 Å². The molecule has 0 aromatic heterocycles. The quantitative estimate of drug-likeness (QED) is 0.387. The molecule has 0 amide bonds. The first-order chi connectivity index (χ1) is 8.02. The standard InChI is InChI=1S/C14H26N2O/c1-5-6-11-16-12-9-13(14(2,3)17)8-7-10-15-4/h7-10,16-17H,5-6,11-12H2,1-4H3/b8-7-,13-9-,15-10-. The molecule has 0 fully saturated rings. The van der Waals surface area contributed by atoms with Crippen LogP contribution in [0.1, 0.15) is 33.6 Å². The highest BCUT2D eigenvalue weighted by molar-refractivity contribution is 5.71. The van der Waals surface area contributed by atoms with E-state index in [1.165, 1.54) is 12.8 Å². The molecule has 0 aliphatic rings. The zero-order valence-corrected chi connectivity index (χ0v) is 11.5. The molecule has 0 heterocycles. The van der Waals surface area contributed by atoms with Crippen LogP contribution in [0.5, 0.6) is 0 Å². The minimum Gasteiger partial charge on any atom is -0.386 e. The number of hydrogen-bond acceptors (Lipinski definition) is 3. The monoisotopic (exact) mass is 238 g/mol. The van der Waals surface area contributed by atoms with Crippen molar-refractivity contribution in [2.24, 2.45) is 4.99 Å². The molecule has 0 aliphatic heterocycles. The van der Waals surface area contributed by atoms with Crippen LogP contribution in [-0.2, 0) is 0 Å². The number of rotatable bonds is 8. The number of aliphatic hydroxyl groups is 1. The molecule has 98 valence electrons. The third-order valence-electron chi connectivity index (χ3n) is 2.39. The normalized spacial score (nSPS) is 14.1. The molecule has 0 radical (unpaired) electrons. The summed E-state index contributed by atoms with van der Waals surface area (Å²) in [6.07, 6.45) is 9.86. The second kappa shape index (κ2) is 9.14. The first-order valence-electron chi connectivity index (χ1n) is 6.25. The zero-order valence-electron chi connectivity index (χ0n) is 11.5. The van der Waals surface area contributed by atoms with Gasteiger partial charge in [0.2, 0.25) is 0 Å². The molecular formula is C14H26N2O. The van der Waals surface area contributed by atoms with Crippen LogP contribution in [0, 0.1) is 0 Å². The van der Waals surface area contributed by atoms with Crippen LogP contribution in [0.15, 0.2) is 28.8 Å². The van der Waals surface area contributed by atoms with Crippen molar-refractivity contribution in [2.45, 2.75) is 39.2 Å². The summed E-state index contributed by atoms with van der Waals surface area (Å²) in [4.78, 5) is 3.87. The third-order valence-corrected chi connectivity index (χ3v) is 2.39. The first kappa shape index (κ1) is 16.1. The number of allylic oxidation sites excluding steroid dienone is 1. The SMILES string of the molecule is CCCCNC/C=C(/C=C\C=N/C)C(C)(C)O. The Morgan fingerprint density at radius 2 is 2.12 bits per heavy atom. The Balaban J connectivity index is 4.32. The fourth-order valence-corrected chi connectivity index (χ4v) is 1.34. The topological polar surface area (TPSA) is 44.6 Å². The molecule has 0 aliphatic carbocycles. The third kappa shape index (κ3) is 8.83. The van der Waals surface area contributed by atoms with Crippen molar-refractivity contribution in [2.75, 3.05) is 20.1 Å². The van der Waals surface area contributed by atoms with Crippen LogP contribution >= 0.6 is 0 Å². The van der Waals surface area contributed by atoms with E-state index in [0.717, 1.165) is 18.7 Å². The summed E-state index contributed by atoms with van der Waals surface area (Å²) in [5.41, 5.74) is 0.0891. The fourth-order valence-electron chi connectivity index (χ4n) is 1.34. The average molecular weight is 238 g/mol. The zero-order chi connectivity index (χ0) is 13.1. The van der Waals surface area contributed by atoms with E-state index < -0.39 is 5.60 Å². The summed E-state index contributed by atoms with van der Waals surface area (Å²) in [6.45, 7) is 7.56. The van der Waals surface area contributed by atoms with Gasteiger partial charge in [0.1, 0.15) is 0 Å². The molecule has 0 saturated heterocycles. The average Bonchev–Trinajstić information content (AvgIpc) is 2.25. The van der Waals surface area contributed by atoms with Crippen LogP contribution < -0.4 is 5.32 Å². The van der Waals surface area contributed by atoms with Crippen LogP contribution in [-0.4, -0.2) is 37.1 Å². The van der Waals surface area contributed by atoms with E-state index in [1.807, 2.05) is 18.2 Å². The van der Waals surface area contributed by atoms with Crippen molar-refractivity contribution in [3.63, 3.8) is 0 Å². The number of nitrogens with one attached hydrogen (secondary N) is 1. The summed E-state index contributed by atoms with van der Waals surface area (Å²) in [5.74, 6) is 0. The lowest BCUT2D eigenvalue weighted by molar-refractivity contribution is 0.123. The second-order valence-electron chi connectivity index (χ2n) is 4.54. The van der Waals surface area contributed by atoms with E-state index in [-0.39, 0.29) is 0 Å². The summed E-state index contributed by atoms with van der Waals surface area (Å²) in [5, 5.41) is 13.3. The van der Waals surface area contributed by atoms with E-state index >= 15 is 0 Å². The van der Waals surface area contributed by atoms with Gasteiger partial charge in [-0.25, -0.2) is 0 Å². The predicted molar refractivity (Wildman–Crippen MR) is 75.7 cm³/mol. The van der Waals surface area contributed by atoms with Crippen LogP contribution in [0.2, 0.25) is 0 Å². The molecule has 0 aromatic rings. The van der Waals surface area contributed by atoms with Crippen molar-refractivity contribution in [3.05, 3.63) is 23.8 Å². The molecular weight excluding hydrogens is 212 g/mol. The highest BCUT2D eigenvalue weighted by Gasteiger charge is 2.15. The van der Waals surface area contributed by atoms with Crippen LogP contribution in [0.25, 0.3) is 0 Å². The molecule has 0 rings (SSSR count). The van der Waals surface area contributed by atoms with E-state index in [1.54, 1.807) is 27.1 Å². The van der Waals surface area contributed by atoms with Gasteiger partial charge in [0.15, 0.2) is 0 Å². The molecule has 3 nitrogen and oxygen atoms in total. The summed E-state index contributed by atoms with van der Waals surface area (Å²) < 4.78 is 0. The Kier molecular flexibility index (Phi) is 8.64. The maximum atomic E-state index is 9.99. The van der Waals surface area contributed by atoms with E-state index in [4.69, 9.17) is 0 Å².